The van der Waals surface area contributed by atoms with Gasteiger partial charge in [0.1, 0.15) is 18.3 Å². The van der Waals surface area contributed by atoms with Gasteiger partial charge in [0.2, 0.25) is 0 Å². The zero-order valence-corrected chi connectivity index (χ0v) is 18.9. The van der Waals surface area contributed by atoms with Crippen LogP contribution in [0.3, 0.4) is 0 Å². The summed E-state index contributed by atoms with van der Waals surface area (Å²) in [6.45, 7) is -1.00. The Morgan fingerprint density at radius 3 is 2.30 bits per heavy atom. The molecule has 188 valence electrons. The summed E-state index contributed by atoms with van der Waals surface area (Å²) in [7, 11) is -16.9. The molecule has 0 aromatic carbocycles. The Morgan fingerprint density at radius 2 is 1.73 bits per heavy atom. The van der Waals surface area contributed by atoms with Crippen molar-refractivity contribution in [3.63, 3.8) is 0 Å². The maximum absolute atomic E-state index is 12.1. The molecule has 1 aromatic rings. The minimum Gasteiger partial charge on any atom is -0.387 e. The van der Waals surface area contributed by atoms with Crippen molar-refractivity contribution in [3.05, 3.63) is 38.7 Å². The van der Waals surface area contributed by atoms with Gasteiger partial charge in [0.05, 0.1) is 12.2 Å². The van der Waals surface area contributed by atoms with Crippen molar-refractivity contribution in [1.29, 1.82) is 0 Å². The van der Waals surface area contributed by atoms with E-state index in [-0.39, 0.29) is 12.1 Å². The summed E-state index contributed by atoms with van der Waals surface area (Å²) in [5.41, 5.74) is 3.43. The van der Waals surface area contributed by atoms with Crippen LogP contribution in [-0.2, 0) is 31.6 Å². The molecule has 0 amide bonds. The molecule has 1 saturated heterocycles. The molecule has 1 fully saturated rings. The van der Waals surface area contributed by atoms with Crippen LogP contribution in [0.5, 0.6) is 0 Å². The van der Waals surface area contributed by atoms with Crippen molar-refractivity contribution in [1.82, 2.24) is 9.55 Å². The summed E-state index contributed by atoms with van der Waals surface area (Å²) in [6.07, 6.45) is -3.19. The number of aliphatic hydroxyl groups is 2. The predicted molar refractivity (Wildman–Crippen MR) is 105 cm³/mol. The first kappa shape index (κ1) is 27.9. The van der Waals surface area contributed by atoms with Gasteiger partial charge in [-0.25, -0.2) is 18.5 Å². The average Bonchev–Trinajstić information content (AvgIpc) is 2.91. The molecule has 0 saturated carbocycles. The van der Waals surface area contributed by atoms with Crippen molar-refractivity contribution >= 4 is 29.5 Å². The monoisotopic (exact) mass is 539 g/mol. The molecule has 1 aliphatic heterocycles. The van der Waals surface area contributed by atoms with Gasteiger partial charge in [-0.05, 0) is 0 Å². The predicted octanol–water partition coefficient (Wildman–Crippen LogP) is -2.53. The summed E-state index contributed by atoms with van der Waals surface area (Å²) >= 11 is 0. The lowest BCUT2D eigenvalue weighted by atomic mass is 10.1. The van der Waals surface area contributed by atoms with E-state index in [1.165, 1.54) is 12.2 Å². The van der Waals surface area contributed by atoms with Gasteiger partial charge in [-0.15, -0.1) is 0 Å². The molecule has 21 heteroatoms. The molecule has 0 radical (unpaired) electrons. The number of nitrogens with zero attached hydrogens (tertiary/aromatic N) is 1. The van der Waals surface area contributed by atoms with Crippen LogP contribution in [0.4, 0.5) is 0 Å². The molecule has 0 bridgehead atoms. The van der Waals surface area contributed by atoms with Crippen molar-refractivity contribution in [2.24, 2.45) is 5.73 Å². The van der Waals surface area contributed by atoms with E-state index in [9.17, 15) is 38.4 Å². The third-order valence-corrected chi connectivity index (χ3v) is 7.66. The number of aromatic amines is 1. The van der Waals surface area contributed by atoms with Crippen LogP contribution in [0.2, 0.25) is 0 Å². The highest BCUT2D eigenvalue weighted by Gasteiger charge is 2.46. The van der Waals surface area contributed by atoms with E-state index in [0.29, 0.717) is 0 Å². The number of nitrogens with two attached hydrogens (primary N) is 1. The fourth-order valence-corrected chi connectivity index (χ4v) is 5.60. The minimum atomic E-state index is -5.76. The Balaban J connectivity index is 2.15. The molecule has 33 heavy (non-hydrogen) atoms. The highest BCUT2D eigenvalue weighted by atomic mass is 31.3. The van der Waals surface area contributed by atoms with E-state index < -0.39 is 65.9 Å². The molecular weight excluding hydrogens is 519 g/mol. The summed E-state index contributed by atoms with van der Waals surface area (Å²) in [6, 6.07) is 0. The number of hydrogen-bond acceptors (Lipinski definition) is 12. The molecule has 6 atom stereocenters. The van der Waals surface area contributed by atoms with Crippen LogP contribution in [-0.4, -0.2) is 70.8 Å². The second-order valence-electron chi connectivity index (χ2n) is 6.32. The smallest absolute Gasteiger partial charge is 0.387 e. The Kier molecular flexibility index (Phi) is 8.89. The second kappa shape index (κ2) is 10.5. The summed E-state index contributed by atoms with van der Waals surface area (Å²) in [4.78, 5) is 61.4. The van der Waals surface area contributed by atoms with Gasteiger partial charge in [-0.2, -0.15) is 8.62 Å². The Morgan fingerprint density at radius 1 is 1.09 bits per heavy atom. The summed E-state index contributed by atoms with van der Waals surface area (Å²) < 4.78 is 51.1. The lowest BCUT2D eigenvalue weighted by Crippen LogP contribution is -2.38. The van der Waals surface area contributed by atoms with Crippen LogP contribution in [0.15, 0.2) is 21.9 Å². The first-order valence-corrected chi connectivity index (χ1v) is 13.1. The molecule has 1 aliphatic rings. The number of aromatic nitrogens is 2. The second-order valence-corrected chi connectivity index (χ2v) is 10.7. The quantitative estimate of drug-likeness (QED) is 0.142. The Hall–Kier alpha value is -1.33. The Bertz CT molecular complexity index is 1140. The normalized spacial score (nSPS) is 27.5. The van der Waals surface area contributed by atoms with Crippen molar-refractivity contribution < 1.29 is 61.4 Å². The minimum absolute atomic E-state index is 0.0537. The van der Waals surface area contributed by atoms with Crippen molar-refractivity contribution in [2.75, 3.05) is 13.2 Å². The Labute approximate surface area is 183 Å². The van der Waals surface area contributed by atoms with E-state index in [1.807, 2.05) is 4.98 Å². The highest BCUT2D eigenvalue weighted by molar-refractivity contribution is 7.66. The zero-order valence-electron chi connectivity index (χ0n) is 16.2. The van der Waals surface area contributed by atoms with Gasteiger partial charge in [0.25, 0.3) is 5.56 Å². The number of phosphoric acid groups is 3. The van der Waals surface area contributed by atoms with Crippen LogP contribution < -0.4 is 17.0 Å². The number of aliphatic hydroxyl groups excluding tert-OH is 2. The number of nitrogens with one attached hydrogen (secondary N) is 1. The standard InChI is InChI=1S/C12H20N3O15P3/c13-3-1-2-6-4-15(12(19)14-10(6)18)11-9(17)8(16)7(28-11)5-27-32(23,24)30-33(25,26)29-31(20,21)22/h1-2,4,7-9,11,16-17H,3,5,13H2,(H,23,24)(H,25,26)(H,14,18,19)(H2,20,21,22)/t7-,8-,9-,11-/m1/s1. The van der Waals surface area contributed by atoms with Crippen LogP contribution in [0.25, 0.3) is 6.08 Å². The van der Waals surface area contributed by atoms with Gasteiger partial charge in [-0.3, -0.25) is 18.9 Å². The summed E-state index contributed by atoms with van der Waals surface area (Å²) in [5.74, 6) is 0. The molecule has 2 rings (SSSR count). The topological polar surface area (TPSA) is 290 Å². The van der Waals surface area contributed by atoms with E-state index in [0.717, 1.165) is 10.8 Å². The first-order chi connectivity index (χ1) is 15.1. The molecule has 18 nitrogen and oxygen atoms in total. The van der Waals surface area contributed by atoms with Gasteiger partial charge < -0.3 is 40.3 Å². The fraction of sp³-hybridized carbons (Fsp3) is 0.500. The molecule has 2 heterocycles. The van der Waals surface area contributed by atoms with Gasteiger partial charge in [0, 0.05) is 12.7 Å². The largest absolute Gasteiger partial charge is 0.490 e. The van der Waals surface area contributed by atoms with E-state index in [4.69, 9.17) is 25.2 Å². The fourth-order valence-electron chi connectivity index (χ4n) is 2.57. The number of phosphoric ester groups is 1. The molecule has 1 aromatic heterocycles. The maximum atomic E-state index is 12.1. The molecular formula is C12H20N3O15P3. The van der Waals surface area contributed by atoms with E-state index in [1.54, 1.807) is 0 Å². The zero-order chi connectivity index (χ0) is 25.2. The lowest BCUT2D eigenvalue weighted by molar-refractivity contribution is -0.0542. The van der Waals surface area contributed by atoms with E-state index >= 15 is 0 Å². The van der Waals surface area contributed by atoms with Crippen LogP contribution in [0.1, 0.15) is 11.8 Å². The van der Waals surface area contributed by atoms with Gasteiger partial charge >= 0.3 is 29.2 Å². The third-order valence-electron chi connectivity index (χ3n) is 3.86. The maximum Gasteiger partial charge on any atom is 0.490 e. The number of ether oxygens (including phenoxy) is 1. The molecule has 0 spiro atoms. The van der Waals surface area contributed by atoms with Crippen molar-refractivity contribution in [3.8, 4) is 0 Å². The third kappa shape index (κ3) is 7.85. The number of hydrogen-bond donors (Lipinski definition) is 8. The van der Waals surface area contributed by atoms with E-state index in [2.05, 4.69) is 13.1 Å². The molecule has 2 unspecified atom stereocenters. The van der Waals surface area contributed by atoms with Crippen molar-refractivity contribution in [2.45, 2.75) is 24.5 Å². The van der Waals surface area contributed by atoms with Gasteiger partial charge in [-0.1, -0.05) is 12.2 Å². The van der Waals surface area contributed by atoms with Gasteiger partial charge in [0.15, 0.2) is 6.23 Å². The first-order valence-electron chi connectivity index (χ1n) is 8.57. The van der Waals surface area contributed by atoms with Crippen LogP contribution >= 0.6 is 23.5 Å². The highest BCUT2D eigenvalue weighted by Crippen LogP contribution is 2.66. The molecule has 0 aliphatic carbocycles. The average molecular weight is 539 g/mol. The number of rotatable bonds is 10. The van der Waals surface area contributed by atoms with Crippen LogP contribution in [0, 0.1) is 0 Å². The summed E-state index contributed by atoms with van der Waals surface area (Å²) in [5, 5.41) is 20.3. The molecule has 9 N–H and O–H groups in total. The lowest BCUT2D eigenvalue weighted by Gasteiger charge is -2.19. The SMILES string of the molecule is NCC=Cc1cn([C@@H]2O[C@H](COP(=O)(O)OP(=O)(O)OP(=O)(O)O)[C@@H](O)[C@H]2O)c(=O)[nH]c1=O. The number of H-pyrrole nitrogens is 1.